The van der Waals surface area contributed by atoms with Gasteiger partial charge in [0.2, 0.25) is 0 Å². The maximum Gasteiger partial charge on any atom is 0.271 e. The zero-order valence-corrected chi connectivity index (χ0v) is 12.3. The minimum Gasteiger partial charge on any atom is -0.492 e. The molecule has 1 amide bonds. The summed E-state index contributed by atoms with van der Waals surface area (Å²) < 4.78 is 7.21. The Labute approximate surface area is 133 Å². The van der Waals surface area contributed by atoms with Crippen LogP contribution in [0.5, 0.6) is 5.75 Å². The normalized spacial score (nSPS) is 10.3. The molecule has 0 unspecified atom stereocenters. The Balaban J connectivity index is 1.48. The largest absolute Gasteiger partial charge is 0.492 e. The predicted molar refractivity (Wildman–Crippen MR) is 83.4 cm³/mol. The molecule has 2 heterocycles. The molecule has 0 bridgehead atoms. The number of imidazole rings is 1. The maximum atomic E-state index is 12.0. The first-order valence-electron chi connectivity index (χ1n) is 7.11. The number of nitrogens with one attached hydrogen (secondary N) is 1. The number of carbonyl (C=O) groups is 1. The number of aromatic nitrogens is 4. The van der Waals surface area contributed by atoms with Gasteiger partial charge in [-0.3, -0.25) is 9.36 Å². The fraction of sp³-hybridized carbons (Fsp3) is 0.125. The molecule has 0 radical (unpaired) electrons. The summed E-state index contributed by atoms with van der Waals surface area (Å²) in [6.07, 6.45) is 5.02. The third-order valence-corrected chi connectivity index (χ3v) is 3.05. The second-order valence-corrected chi connectivity index (χ2v) is 4.66. The van der Waals surface area contributed by atoms with E-state index in [0.29, 0.717) is 19.0 Å². The summed E-state index contributed by atoms with van der Waals surface area (Å²) in [6.45, 7) is 0.773. The minimum atomic E-state index is -0.286. The lowest BCUT2D eigenvalue weighted by Gasteiger charge is -2.07. The van der Waals surface area contributed by atoms with Crippen molar-refractivity contribution in [2.75, 3.05) is 13.2 Å². The lowest BCUT2D eigenvalue weighted by atomic mass is 10.3. The molecule has 2 aromatic heterocycles. The Hall–Kier alpha value is -3.22. The van der Waals surface area contributed by atoms with Gasteiger partial charge in [0.05, 0.1) is 6.54 Å². The van der Waals surface area contributed by atoms with Gasteiger partial charge < -0.3 is 10.1 Å². The molecule has 0 fully saturated rings. The van der Waals surface area contributed by atoms with Crippen LogP contribution in [0.15, 0.2) is 61.2 Å². The van der Waals surface area contributed by atoms with E-state index in [9.17, 15) is 4.79 Å². The quantitative estimate of drug-likeness (QED) is 0.697. The second kappa shape index (κ2) is 7.17. The molecule has 0 aliphatic rings. The van der Waals surface area contributed by atoms with Crippen LogP contribution in [0, 0.1) is 0 Å². The van der Waals surface area contributed by atoms with Crippen molar-refractivity contribution in [3.8, 4) is 11.6 Å². The van der Waals surface area contributed by atoms with Crippen LogP contribution < -0.4 is 10.1 Å². The first-order chi connectivity index (χ1) is 11.3. The van der Waals surface area contributed by atoms with E-state index in [4.69, 9.17) is 4.74 Å². The number of hydrogen-bond donors (Lipinski definition) is 1. The number of amides is 1. The standard InChI is InChI=1S/C16H15N5O2/c22-16(18-9-11-23-13-4-2-1-3-5-13)14-6-7-15(20-19-14)21-10-8-17-12-21/h1-8,10,12H,9,11H2,(H,18,22). The van der Waals surface area contributed by atoms with Crippen molar-refractivity contribution in [3.05, 3.63) is 66.9 Å². The zero-order valence-electron chi connectivity index (χ0n) is 12.3. The van der Waals surface area contributed by atoms with Crippen molar-refractivity contribution in [1.82, 2.24) is 25.1 Å². The van der Waals surface area contributed by atoms with E-state index in [-0.39, 0.29) is 11.6 Å². The van der Waals surface area contributed by atoms with Crippen molar-refractivity contribution in [2.24, 2.45) is 0 Å². The van der Waals surface area contributed by atoms with E-state index in [2.05, 4.69) is 20.5 Å². The smallest absolute Gasteiger partial charge is 0.271 e. The van der Waals surface area contributed by atoms with Crippen molar-refractivity contribution in [3.63, 3.8) is 0 Å². The van der Waals surface area contributed by atoms with Gasteiger partial charge in [0.15, 0.2) is 11.5 Å². The summed E-state index contributed by atoms with van der Waals surface area (Å²) in [5.41, 5.74) is 0.258. The highest BCUT2D eigenvalue weighted by molar-refractivity contribution is 5.92. The van der Waals surface area contributed by atoms with E-state index in [1.807, 2.05) is 30.3 Å². The van der Waals surface area contributed by atoms with E-state index >= 15 is 0 Å². The van der Waals surface area contributed by atoms with Crippen LogP contribution in [0.2, 0.25) is 0 Å². The van der Waals surface area contributed by atoms with E-state index in [1.54, 1.807) is 35.4 Å². The number of nitrogens with zero attached hydrogens (tertiary/aromatic N) is 4. The molecule has 3 rings (SSSR count). The summed E-state index contributed by atoms with van der Waals surface area (Å²) in [5, 5.41) is 10.7. The first kappa shape index (κ1) is 14.7. The van der Waals surface area contributed by atoms with Gasteiger partial charge in [-0.2, -0.15) is 0 Å². The van der Waals surface area contributed by atoms with Gasteiger partial charge in [0, 0.05) is 12.4 Å². The fourth-order valence-electron chi connectivity index (χ4n) is 1.92. The van der Waals surface area contributed by atoms with Crippen LogP contribution in [-0.2, 0) is 0 Å². The molecule has 7 nitrogen and oxygen atoms in total. The molecular weight excluding hydrogens is 294 g/mol. The van der Waals surface area contributed by atoms with Gasteiger partial charge in [0.25, 0.3) is 5.91 Å². The van der Waals surface area contributed by atoms with Crippen LogP contribution in [0.4, 0.5) is 0 Å². The number of ether oxygens (including phenoxy) is 1. The summed E-state index contributed by atoms with van der Waals surface area (Å²) in [4.78, 5) is 15.9. The SMILES string of the molecule is O=C(NCCOc1ccccc1)c1ccc(-n2ccnc2)nn1. The van der Waals surface area contributed by atoms with Gasteiger partial charge in [-0.1, -0.05) is 18.2 Å². The number of hydrogen-bond acceptors (Lipinski definition) is 5. The second-order valence-electron chi connectivity index (χ2n) is 4.66. The molecule has 1 N–H and O–H groups in total. The van der Waals surface area contributed by atoms with Crippen LogP contribution in [0.1, 0.15) is 10.5 Å². The van der Waals surface area contributed by atoms with Crippen molar-refractivity contribution in [2.45, 2.75) is 0 Å². The summed E-state index contributed by atoms with van der Waals surface area (Å²) in [5.74, 6) is 1.09. The average Bonchev–Trinajstić information content (AvgIpc) is 3.14. The van der Waals surface area contributed by atoms with Gasteiger partial charge in [-0.25, -0.2) is 4.98 Å². The maximum absolute atomic E-state index is 12.0. The molecule has 0 aliphatic heterocycles. The number of rotatable bonds is 6. The Bertz CT molecular complexity index is 742. The van der Waals surface area contributed by atoms with Gasteiger partial charge >= 0.3 is 0 Å². The number of para-hydroxylation sites is 1. The predicted octanol–water partition coefficient (Wildman–Crippen LogP) is 1.47. The lowest BCUT2D eigenvalue weighted by Crippen LogP contribution is -2.29. The molecule has 23 heavy (non-hydrogen) atoms. The summed E-state index contributed by atoms with van der Waals surface area (Å²) in [6, 6.07) is 12.8. The third kappa shape index (κ3) is 3.91. The van der Waals surface area contributed by atoms with Gasteiger partial charge in [-0.15, -0.1) is 10.2 Å². The van der Waals surface area contributed by atoms with E-state index in [0.717, 1.165) is 5.75 Å². The van der Waals surface area contributed by atoms with Crippen LogP contribution in [-0.4, -0.2) is 38.8 Å². The lowest BCUT2D eigenvalue weighted by molar-refractivity contribution is 0.0941. The molecule has 7 heteroatoms. The monoisotopic (exact) mass is 309 g/mol. The Morgan fingerprint density at radius 2 is 2.00 bits per heavy atom. The highest BCUT2D eigenvalue weighted by Crippen LogP contribution is 2.07. The fourth-order valence-corrected chi connectivity index (χ4v) is 1.92. The van der Waals surface area contributed by atoms with E-state index in [1.165, 1.54) is 0 Å². The summed E-state index contributed by atoms with van der Waals surface area (Å²) >= 11 is 0. The number of carbonyl (C=O) groups excluding carboxylic acids is 1. The average molecular weight is 309 g/mol. The first-order valence-corrected chi connectivity index (χ1v) is 7.11. The molecule has 0 atom stereocenters. The third-order valence-electron chi connectivity index (χ3n) is 3.05. The molecule has 3 aromatic rings. The molecule has 116 valence electrons. The Kier molecular flexibility index (Phi) is 4.58. The Morgan fingerprint density at radius 1 is 1.13 bits per heavy atom. The topological polar surface area (TPSA) is 81.9 Å². The highest BCUT2D eigenvalue weighted by Gasteiger charge is 2.08. The van der Waals surface area contributed by atoms with Gasteiger partial charge in [-0.05, 0) is 24.3 Å². The molecule has 0 saturated heterocycles. The van der Waals surface area contributed by atoms with Gasteiger partial charge in [0.1, 0.15) is 18.7 Å². The molecule has 1 aromatic carbocycles. The number of benzene rings is 1. The molecular formula is C16H15N5O2. The Morgan fingerprint density at radius 3 is 2.70 bits per heavy atom. The minimum absolute atomic E-state index is 0.258. The molecule has 0 saturated carbocycles. The van der Waals surface area contributed by atoms with Crippen LogP contribution in [0.3, 0.4) is 0 Å². The van der Waals surface area contributed by atoms with Crippen molar-refractivity contribution < 1.29 is 9.53 Å². The summed E-state index contributed by atoms with van der Waals surface area (Å²) in [7, 11) is 0. The van der Waals surface area contributed by atoms with Crippen molar-refractivity contribution in [1.29, 1.82) is 0 Å². The van der Waals surface area contributed by atoms with Crippen LogP contribution in [0.25, 0.3) is 5.82 Å². The highest BCUT2D eigenvalue weighted by atomic mass is 16.5. The van der Waals surface area contributed by atoms with E-state index < -0.39 is 0 Å². The molecule has 0 aliphatic carbocycles. The van der Waals surface area contributed by atoms with Crippen LogP contribution >= 0.6 is 0 Å². The molecule has 0 spiro atoms. The zero-order chi connectivity index (χ0) is 15.9. The van der Waals surface area contributed by atoms with Crippen molar-refractivity contribution >= 4 is 5.91 Å².